The Balaban J connectivity index is 1.79. The number of benzene rings is 2. The molecular weight excluding hydrogens is 456 g/mol. The Morgan fingerprint density at radius 1 is 0.971 bits per heavy atom. The maximum atomic E-state index is 13.5. The van der Waals surface area contributed by atoms with Crippen LogP contribution in [-0.4, -0.2) is 21.1 Å². The Morgan fingerprint density at radius 3 is 2.14 bits per heavy atom. The molecule has 1 fully saturated rings. The summed E-state index contributed by atoms with van der Waals surface area (Å²) in [4.78, 5) is 20.5. The minimum atomic E-state index is -0.253. The second kappa shape index (κ2) is 9.42. The molecule has 182 valence electrons. The molecule has 1 N–H and O–H groups in total. The number of phenolic OH excluding ortho intramolecular Hbond substituents is 1. The highest BCUT2D eigenvalue weighted by Crippen LogP contribution is 2.41. The fourth-order valence-electron chi connectivity index (χ4n) is 3.94. The molecule has 0 bridgehead atoms. The van der Waals surface area contributed by atoms with E-state index in [0.717, 1.165) is 22.4 Å². The number of hydrogen-bond donors (Lipinski definition) is 1. The molecule has 0 atom stereocenters. The molecule has 6 heteroatoms. The van der Waals surface area contributed by atoms with Crippen LogP contribution in [0, 0.1) is 0 Å². The van der Waals surface area contributed by atoms with E-state index in [1.54, 1.807) is 11.2 Å². The van der Waals surface area contributed by atoms with Crippen LogP contribution >= 0.6 is 11.8 Å². The molecular formula is C29H32N2O3S. The fourth-order valence-corrected chi connectivity index (χ4v) is 4.93. The van der Waals surface area contributed by atoms with Crippen LogP contribution < -0.4 is 0 Å². The Labute approximate surface area is 211 Å². The predicted molar refractivity (Wildman–Crippen MR) is 144 cm³/mol. The topological polar surface area (TPSA) is 66.0 Å². The van der Waals surface area contributed by atoms with Gasteiger partial charge in [-0.2, -0.15) is 0 Å². The molecule has 35 heavy (non-hydrogen) atoms. The lowest BCUT2D eigenvalue weighted by Gasteiger charge is -2.28. The van der Waals surface area contributed by atoms with Crippen LogP contribution in [0.3, 0.4) is 0 Å². The third kappa shape index (κ3) is 5.54. The lowest BCUT2D eigenvalue weighted by Crippen LogP contribution is -2.28. The van der Waals surface area contributed by atoms with Crippen molar-refractivity contribution in [2.75, 3.05) is 0 Å². The number of aromatic hydroxyl groups is 1. The molecule has 4 rings (SSSR count). The Morgan fingerprint density at radius 2 is 1.60 bits per heavy atom. The summed E-state index contributed by atoms with van der Waals surface area (Å²) in [6, 6.07) is 17.2. The fraction of sp³-hybridized carbons (Fsp3) is 0.310. The molecule has 1 aromatic heterocycles. The molecule has 1 saturated heterocycles. The first-order valence-electron chi connectivity index (χ1n) is 11.7. The van der Waals surface area contributed by atoms with Crippen LogP contribution in [0.2, 0.25) is 0 Å². The Bertz CT molecular complexity index is 1240. The zero-order valence-corrected chi connectivity index (χ0v) is 21.9. The largest absolute Gasteiger partial charge is 0.507 e. The Hall–Kier alpha value is -3.25. The standard InChI is InChI=1S/C29H32N2O3S/c1-28(2,3)22-15-19(16-23(25(22)32)29(4,5)6)17-24-26(33)31(18-21-13-10-14-34-21)27(35-24)30-20-11-8-7-9-12-20/h7-17,32H,18H2,1-6H3/b24-17-,30-27?. The van der Waals surface area contributed by atoms with Gasteiger partial charge in [0.2, 0.25) is 0 Å². The van der Waals surface area contributed by atoms with Crippen molar-refractivity contribution < 1.29 is 14.3 Å². The molecule has 2 aromatic carbocycles. The number of phenols is 1. The van der Waals surface area contributed by atoms with Gasteiger partial charge in [0.25, 0.3) is 5.91 Å². The van der Waals surface area contributed by atoms with Crippen LogP contribution in [-0.2, 0) is 22.2 Å². The van der Waals surface area contributed by atoms with Crippen LogP contribution in [0.25, 0.3) is 6.08 Å². The van der Waals surface area contributed by atoms with E-state index in [9.17, 15) is 9.90 Å². The van der Waals surface area contributed by atoms with Crippen LogP contribution in [0.5, 0.6) is 5.75 Å². The highest BCUT2D eigenvalue weighted by Gasteiger charge is 2.34. The average Bonchev–Trinajstić information content (AvgIpc) is 3.38. The van der Waals surface area contributed by atoms with Gasteiger partial charge in [0.15, 0.2) is 5.17 Å². The number of amidine groups is 1. The molecule has 0 spiro atoms. The molecule has 5 nitrogen and oxygen atoms in total. The van der Waals surface area contributed by atoms with Crippen LogP contribution in [0.1, 0.15) is 64.0 Å². The first kappa shape index (κ1) is 24.9. The molecule has 0 saturated carbocycles. The number of nitrogens with zero attached hydrogens (tertiary/aromatic N) is 2. The minimum absolute atomic E-state index is 0.122. The van der Waals surface area contributed by atoms with Gasteiger partial charge in [-0.25, -0.2) is 4.99 Å². The number of hydrogen-bond acceptors (Lipinski definition) is 5. The summed E-state index contributed by atoms with van der Waals surface area (Å²) in [7, 11) is 0. The second-order valence-electron chi connectivity index (χ2n) is 10.8. The first-order valence-corrected chi connectivity index (χ1v) is 12.5. The van der Waals surface area contributed by atoms with Gasteiger partial charge in [-0.05, 0) is 70.6 Å². The van der Waals surface area contributed by atoms with E-state index >= 15 is 0 Å². The van der Waals surface area contributed by atoms with Crippen molar-refractivity contribution in [1.29, 1.82) is 0 Å². The van der Waals surface area contributed by atoms with Gasteiger partial charge in [-0.3, -0.25) is 9.69 Å². The van der Waals surface area contributed by atoms with Crippen molar-refractivity contribution >= 4 is 34.6 Å². The molecule has 1 aliphatic rings. The van der Waals surface area contributed by atoms with Gasteiger partial charge < -0.3 is 9.52 Å². The van der Waals surface area contributed by atoms with E-state index in [0.29, 0.717) is 28.1 Å². The number of thioether (sulfide) groups is 1. The van der Waals surface area contributed by atoms with Crippen molar-refractivity contribution in [2.45, 2.75) is 58.9 Å². The van der Waals surface area contributed by atoms with Crippen LogP contribution in [0.15, 0.2) is 75.2 Å². The maximum absolute atomic E-state index is 13.5. The van der Waals surface area contributed by atoms with E-state index in [2.05, 4.69) is 41.5 Å². The molecule has 1 amide bonds. The minimum Gasteiger partial charge on any atom is -0.507 e. The normalized spacial score (nSPS) is 17.1. The van der Waals surface area contributed by atoms with Crippen molar-refractivity contribution in [3.63, 3.8) is 0 Å². The molecule has 3 aromatic rings. The summed E-state index contributed by atoms with van der Waals surface area (Å²) >= 11 is 1.35. The zero-order chi connectivity index (χ0) is 25.4. The van der Waals surface area contributed by atoms with Gasteiger partial charge >= 0.3 is 0 Å². The number of rotatable bonds is 4. The summed E-state index contributed by atoms with van der Waals surface area (Å²) in [6.45, 7) is 12.8. The number of carbonyl (C=O) groups is 1. The van der Waals surface area contributed by atoms with Crippen LogP contribution in [0.4, 0.5) is 5.69 Å². The van der Waals surface area contributed by atoms with Gasteiger partial charge in [0, 0.05) is 11.1 Å². The number of carbonyl (C=O) groups excluding carboxylic acids is 1. The van der Waals surface area contributed by atoms with Gasteiger partial charge in [0.1, 0.15) is 11.5 Å². The summed E-state index contributed by atoms with van der Waals surface area (Å²) in [5.74, 6) is 0.891. The third-order valence-corrected chi connectivity index (χ3v) is 6.82. The monoisotopic (exact) mass is 488 g/mol. The van der Waals surface area contributed by atoms with E-state index in [1.165, 1.54) is 11.8 Å². The average molecular weight is 489 g/mol. The smallest absolute Gasteiger partial charge is 0.267 e. The predicted octanol–water partition coefficient (Wildman–Crippen LogP) is 7.38. The Kier molecular flexibility index (Phi) is 6.69. The highest BCUT2D eigenvalue weighted by atomic mass is 32.2. The van der Waals surface area contributed by atoms with Crippen molar-refractivity contribution in [2.24, 2.45) is 4.99 Å². The molecule has 1 aliphatic heterocycles. The maximum Gasteiger partial charge on any atom is 0.267 e. The quantitative estimate of drug-likeness (QED) is 0.389. The van der Waals surface area contributed by atoms with Gasteiger partial charge in [-0.1, -0.05) is 59.7 Å². The summed E-state index contributed by atoms with van der Waals surface area (Å²) in [5.41, 5.74) is 2.87. The second-order valence-corrected chi connectivity index (χ2v) is 11.8. The lowest BCUT2D eigenvalue weighted by atomic mass is 9.78. The molecule has 0 aliphatic carbocycles. The summed E-state index contributed by atoms with van der Waals surface area (Å²) in [6.07, 6.45) is 3.51. The van der Waals surface area contributed by atoms with E-state index in [-0.39, 0.29) is 16.7 Å². The summed E-state index contributed by atoms with van der Waals surface area (Å²) in [5, 5.41) is 11.7. The van der Waals surface area contributed by atoms with Crippen molar-refractivity contribution in [1.82, 2.24) is 4.90 Å². The number of furan rings is 1. The SMILES string of the molecule is CC(C)(C)c1cc(/C=C2\SC(=Nc3ccccc3)N(Cc3ccco3)C2=O)cc(C(C)(C)C)c1O. The third-order valence-electron chi connectivity index (χ3n) is 5.81. The van der Waals surface area contributed by atoms with E-state index < -0.39 is 0 Å². The zero-order valence-electron chi connectivity index (χ0n) is 21.1. The molecule has 2 heterocycles. The van der Waals surface area contributed by atoms with E-state index in [4.69, 9.17) is 9.41 Å². The van der Waals surface area contributed by atoms with Crippen molar-refractivity contribution in [3.8, 4) is 5.75 Å². The van der Waals surface area contributed by atoms with Crippen molar-refractivity contribution in [3.05, 3.63) is 88.2 Å². The summed E-state index contributed by atoms with van der Waals surface area (Å²) < 4.78 is 5.51. The number of para-hydroxylation sites is 1. The molecule has 0 unspecified atom stereocenters. The molecule has 0 radical (unpaired) electrons. The van der Waals surface area contributed by atoms with Gasteiger partial charge in [0.05, 0.1) is 23.4 Å². The van der Waals surface area contributed by atoms with E-state index in [1.807, 2.05) is 60.7 Å². The lowest BCUT2D eigenvalue weighted by molar-refractivity contribution is -0.122. The number of aliphatic imine (C=N–C) groups is 1. The number of amides is 1. The van der Waals surface area contributed by atoms with Gasteiger partial charge in [-0.15, -0.1) is 0 Å². The first-order chi connectivity index (χ1) is 16.4. The highest BCUT2D eigenvalue weighted by molar-refractivity contribution is 8.18.